The van der Waals surface area contributed by atoms with E-state index in [0.717, 1.165) is 54.2 Å². The third-order valence-corrected chi connectivity index (χ3v) is 7.02. The molecule has 2 aliphatic carbocycles. The first-order chi connectivity index (χ1) is 16.8. The fourth-order valence-electron chi connectivity index (χ4n) is 5.07. The minimum atomic E-state index is -0.770. The lowest BCUT2D eigenvalue weighted by Gasteiger charge is -2.27. The zero-order valence-electron chi connectivity index (χ0n) is 20.8. The number of hydroxylamine groups is 2. The van der Waals surface area contributed by atoms with Crippen LogP contribution in [0.4, 0.5) is 0 Å². The van der Waals surface area contributed by atoms with Gasteiger partial charge in [-0.1, -0.05) is 29.9 Å². The summed E-state index contributed by atoms with van der Waals surface area (Å²) in [5.41, 5.74) is 4.44. The van der Waals surface area contributed by atoms with E-state index in [0.29, 0.717) is 12.8 Å². The van der Waals surface area contributed by atoms with Crippen molar-refractivity contribution < 1.29 is 19.8 Å². The van der Waals surface area contributed by atoms with Crippen molar-refractivity contribution in [3.63, 3.8) is 0 Å². The Bertz CT molecular complexity index is 1100. The summed E-state index contributed by atoms with van der Waals surface area (Å²) in [6.45, 7) is 4.16. The molecule has 2 heterocycles. The molecule has 0 radical (unpaired) electrons. The molecule has 3 N–H and O–H groups in total. The summed E-state index contributed by atoms with van der Waals surface area (Å²) >= 11 is 0. The van der Waals surface area contributed by atoms with Gasteiger partial charge in [-0.2, -0.15) is 5.06 Å². The smallest absolute Gasteiger partial charge is 0.303 e. The van der Waals surface area contributed by atoms with E-state index in [9.17, 15) is 9.90 Å². The van der Waals surface area contributed by atoms with Crippen molar-refractivity contribution in [1.29, 1.82) is 0 Å². The number of rotatable bonds is 9. The summed E-state index contributed by atoms with van der Waals surface area (Å²) in [6, 6.07) is 0.138. The number of aromatic nitrogens is 2. The van der Waals surface area contributed by atoms with Crippen LogP contribution in [0.3, 0.4) is 0 Å². The van der Waals surface area contributed by atoms with Crippen molar-refractivity contribution in [2.24, 2.45) is 10.9 Å². The number of carbonyl (C=O) groups is 1. The number of carboxylic acids is 1. The average molecular weight is 481 g/mol. The van der Waals surface area contributed by atoms with Crippen molar-refractivity contribution in [2.75, 3.05) is 13.7 Å². The second-order valence-electron chi connectivity index (χ2n) is 9.93. The first-order valence-electron chi connectivity index (χ1n) is 12.4. The Labute approximate surface area is 206 Å². The van der Waals surface area contributed by atoms with E-state index in [1.807, 2.05) is 30.5 Å². The number of H-pyrrole nitrogens is 1. The first kappa shape index (κ1) is 25.3. The van der Waals surface area contributed by atoms with Gasteiger partial charge in [0.05, 0.1) is 18.0 Å². The topological polar surface area (TPSA) is 111 Å². The quantitative estimate of drug-likeness (QED) is 0.359. The number of aliphatic hydroxyl groups excluding tert-OH is 1. The lowest BCUT2D eigenvalue weighted by Crippen LogP contribution is -2.31. The second kappa shape index (κ2) is 10.8. The molecule has 0 spiro atoms. The van der Waals surface area contributed by atoms with Crippen LogP contribution in [0.1, 0.15) is 69.6 Å². The molecule has 3 atom stereocenters. The van der Waals surface area contributed by atoms with Crippen LogP contribution in [-0.2, 0) is 21.7 Å². The van der Waals surface area contributed by atoms with E-state index in [-0.39, 0.29) is 25.0 Å². The number of aliphatic imine (C=N–C) groups is 1. The summed E-state index contributed by atoms with van der Waals surface area (Å²) in [5, 5.41) is 20.5. The number of hydrogen-bond acceptors (Lipinski definition) is 6. The zero-order valence-corrected chi connectivity index (χ0v) is 20.8. The Kier molecular flexibility index (Phi) is 7.84. The normalized spacial score (nSPS) is 26.9. The number of aromatic amines is 1. The number of aliphatic hydroxyl groups is 1. The van der Waals surface area contributed by atoms with Crippen LogP contribution < -0.4 is 0 Å². The van der Waals surface area contributed by atoms with Gasteiger partial charge in [0.2, 0.25) is 0 Å². The van der Waals surface area contributed by atoms with Gasteiger partial charge in [0.1, 0.15) is 11.4 Å². The van der Waals surface area contributed by atoms with E-state index in [1.165, 1.54) is 5.57 Å². The number of nitrogens with zero attached hydrogens (tertiary/aromatic N) is 3. The summed E-state index contributed by atoms with van der Waals surface area (Å²) in [5.74, 6) is 0.269. The van der Waals surface area contributed by atoms with Gasteiger partial charge in [0.15, 0.2) is 0 Å². The van der Waals surface area contributed by atoms with Gasteiger partial charge in [-0.15, -0.1) is 0 Å². The second-order valence-corrected chi connectivity index (χ2v) is 9.93. The molecule has 1 saturated heterocycles. The monoisotopic (exact) mass is 480 g/mol. The highest BCUT2D eigenvalue weighted by atomic mass is 16.7. The van der Waals surface area contributed by atoms with Gasteiger partial charge in [0.25, 0.3) is 0 Å². The lowest BCUT2D eigenvalue weighted by molar-refractivity contribution is -0.193. The number of carboxylic acid groups (broad SMARTS) is 1. The summed E-state index contributed by atoms with van der Waals surface area (Å²) in [7, 11) is 1.97. The molecule has 188 valence electrons. The van der Waals surface area contributed by atoms with Crippen molar-refractivity contribution >= 4 is 18.3 Å². The number of hydrogen-bond donors (Lipinski definition) is 3. The maximum Gasteiger partial charge on any atom is 0.303 e. The largest absolute Gasteiger partial charge is 0.481 e. The highest BCUT2D eigenvalue weighted by Gasteiger charge is 2.47. The van der Waals surface area contributed by atoms with Gasteiger partial charge in [-0.05, 0) is 51.2 Å². The highest BCUT2D eigenvalue weighted by molar-refractivity contribution is 5.66. The van der Waals surface area contributed by atoms with Gasteiger partial charge < -0.3 is 15.2 Å². The van der Waals surface area contributed by atoms with Crippen LogP contribution in [0.15, 0.2) is 46.1 Å². The van der Waals surface area contributed by atoms with Crippen LogP contribution in [0.2, 0.25) is 0 Å². The van der Waals surface area contributed by atoms with Crippen molar-refractivity contribution in [3.05, 3.63) is 58.4 Å². The maximum atomic E-state index is 10.7. The molecule has 0 amide bonds. The third-order valence-electron chi connectivity index (χ3n) is 7.02. The number of imidazole rings is 1. The molecular weight excluding hydrogens is 444 g/mol. The number of unbranched alkanes of at least 4 members (excludes halogenated alkanes) is 2. The summed E-state index contributed by atoms with van der Waals surface area (Å²) < 4.78 is 0. The van der Waals surface area contributed by atoms with E-state index in [2.05, 4.69) is 42.1 Å². The lowest BCUT2D eigenvalue weighted by atomic mass is 9.83. The van der Waals surface area contributed by atoms with E-state index in [4.69, 9.17) is 14.9 Å². The number of allylic oxidation sites excluding steroid dienone is 4. The van der Waals surface area contributed by atoms with Crippen LogP contribution >= 0.6 is 0 Å². The van der Waals surface area contributed by atoms with Gasteiger partial charge >= 0.3 is 5.97 Å². The molecule has 0 bridgehead atoms. The standard InChI is InChI=1S/C27H36N4O4/c1-18-8-7-9-21-23(14-18)30-26(29-21)27(2)16-24(31(3)35-27)19-11-12-20(17-32)22(15-19)28-13-6-4-5-10-25(33)34/h7-9,12-13,15,19,24,32H,4-6,10-11,14,16-17H2,1-3H3,(H,29,30)(H,33,34)/b28-13+. The molecule has 1 aromatic heterocycles. The number of fused-ring (bicyclic) bond motifs is 1. The predicted octanol–water partition coefficient (Wildman–Crippen LogP) is 4.31. The van der Waals surface area contributed by atoms with E-state index in [1.54, 1.807) is 0 Å². The molecule has 8 heteroatoms. The molecule has 4 rings (SSSR count). The van der Waals surface area contributed by atoms with E-state index < -0.39 is 11.6 Å². The average Bonchev–Trinajstić information content (AvgIpc) is 3.31. The molecule has 0 aromatic carbocycles. The SMILES string of the molecule is CC1=CC=Cc2nc(C3(C)CC(C4C=C(/N=C/CCCCC(=O)O)C(CO)=CC4)N(C)O3)[nH]c2C1. The fraction of sp³-hybridized carbons (Fsp3) is 0.519. The molecule has 8 nitrogen and oxygen atoms in total. The molecule has 3 aliphatic rings. The third kappa shape index (κ3) is 5.89. The fourth-order valence-corrected chi connectivity index (χ4v) is 5.07. The Morgan fingerprint density at radius 1 is 1.43 bits per heavy atom. The summed E-state index contributed by atoms with van der Waals surface area (Å²) in [6.07, 6.45) is 17.0. The Morgan fingerprint density at radius 3 is 3.03 bits per heavy atom. The minimum absolute atomic E-state index is 0.0526. The van der Waals surface area contributed by atoms with Crippen LogP contribution in [0.25, 0.3) is 6.08 Å². The Hall–Kier alpha value is -2.81. The first-order valence-corrected chi connectivity index (χ1v) is 12.4. The number of aliphatic carboxylic acids is 1. The van der Waals surface area contributed by atoms with Gasteiger partial charge in [-0.25, -0.2) is 4.98 Å². The molecule has 1 aromatic rings. The molecule has 0 saturated carbocycles. The van der Waals surface area contributed by atoms with Gasteiger partial charge in [0, 0.05) is 50.2 Å². The molecule has 1 aliphatic heterocycles. The van der Waals surface area contributed by atoms with Crippen LogP contribution in [-0.4, -0.2) is 57.1 Å². The predicted molar refractivity (Wildman–Crippen MR) is 136 cm³/mol. The maximum absolute atomic E-state index is 10.7. The highest BCUT2D eigenvalue weighted by Crippen LogP contribution is 2.43. The van der Waals surface area contributed by atoms with Crippen molar-refractivity contribution in [3.8, 4) is 0 Å². The Balaban J connectivity index is 1.45. The molecule has 35 heavy (non-hydrogen) atoms. The number of nitrogens with one attached hydrogen (secondary N) is 1. The Morgan fingerprint density at radius 2 is 2.26 bits per heavy atom. The van der Waals surface area contributed by atoms with Crippen LogP contribution in [0.5, 0.6) is 0 Å². The minimum Gasteiger partial charge on any atom is -0.481 e. The zero-order chi connectivity index (χ0) is 25.0. The van der Waals surface area contributed by atoms with Crippen molar-refractivity contribution in [2.45, 2.75) is 70.4 Å². The summed E-state index contributed by atoms with van der Waals surface area (Å²) in [4.78, 5) is 30.1. The van der Waals surface area contributed by atoms with Crippen LogP contribution in [0, 0.1) is 5.92 Å². The van der Waals surface area contributed by atoms with Crippen molar-refractivity contribution in [1.82, 2.24) is 15.0 Å². The molecule has 3 unspecified atom stereocenters. The molecular formula is C27H36N4O4. The van der Waals surface area contributed by atoms with E-state index >= 15 is 0 Å². The molecule has 1 fully saturated rings. The van der Waals surface area contributed by atoms with Gasteiger partial charge in [-0.3, -0.25) is 14.6 Å².